The second-order valence-electron chi connectivity index (χ2n) is 6.18. The highest BCUT2D eigenvalue weighted by atomic mass is 32.1. The van der Waals surface area contributed by atoms with E-state index in [9.17, 15) is 14.4 Å². The van der Waals surface area contributed by atoms with Gasteiger partial charge in [0, 0.05) is 30.8 Å². The van der Waals surface area contributed by atoms with Gasteiger partial charge in [-0.25, -0.2) is 0 Å². The van der Waals surface area contributed by atoms with E-state index < -0.39 is 5.91 Å². The van der Waals surface area contributed by atoms with Gasteiger partial charge < -0.3 is 16.0 Å². The molecule has 0 aliphatic carbocycles. The maximum Gasteiger partial charge on any atom is 0.251 e. The molecule has 1 aliphatic heterocycles. The number of thiophene rings is 1. The fourth-order valence-corrected chi connectivity index (χ4v) is 3.71. The fourth-order valence-electron chi connectivity index (χ4n) is 2.64. The van der Waals surface area contributed by atoms with Crippen molar-refractivity contribution >= 4 is 34.1 Å². The van der Waals surface area contributed by atoms with Gasteiger partial charge in [0.2, 0.25) is 11.8 Å². The highest BCUT2D eigenvalue weighted by molar-refractivity contribution is 7.16. The number of anilines is 1. The second-order valence-corrected chi connectivity index (χ2v) is 7.26. The maximum absolute atomic E-state index is 12.4. The molecule has 0 atom stereocenters. The average Bonchev–Trinajstić information content (AvgIpc) is 2.91. The monoisotopic (exact) mass is 337 g/mol. The fraction of sp³-hybridized carbons (Fsp3) is 0.562. The Labute approximate surface area is 140 Å². The summed E-state index contributed by atoms with van der Waals surface area (Å²) in [6.07, 6.45) is 1.28. The van der Waals surface area contributed by atoms with Gasteiger partial charge in [-0.3, -0.25) is 14.4 Å². The molecule has 0 unspecified atom stereocenters. The number of primary amides is 1. The molecule has 1 aliphatic rings. The number of hydrogen-bond donors (Lipinski definition) is 2. The summed E-state index contributed by atoms with van der Waals surface area (Å²) >= 11 is 1.40. The van der Waals surface area contributed by atoms with Crippen LogP contribution < -0.4 is 11.1 Å². The van der Waals surface area contributed by atoms with E-state index in [0.717, 1.165) is 4.88 Å². The normalized spacial score (nSPS) is 15.7. The van der Waals surface area contributed by atoms with Crippen LogP contribution in [0.15, 0.2) is 6.07 Å². The second kappa shape index (κ2) is 7.12. The van der Waals surface area contributed by atoms with Crippen LogP contribution in [0, 0.1) is 5.92 Å². The summed E-state index contributed by atoms with van der Waals surface area (Å²) in [5, 5.41) is 3.38. The van der Waals surface area contributed by atoms with E-state index in [4.69, 9.17) is 5.73 Å². The van der Waals surface area contributed by atoms with E-state index in [2.05, 4.69) is 5.32 Å². The molecular weight excluding hydrogens is 314 g/mol. The minimum absolute atomic E-state index is 0.0414. The van der Waals surface area contributed by atoms with Crippen LogP contribution in [0.5, 0.6) is 0 Å². The third kappa shape index (κ3) is 4.10. The first-order valence-electron chi connectivity index (χ1n) is 7.79. The molecule has 6 nitrogen and oxygen atoms in total. The maximum atomic E-state index is 12.4. The molecule has 3 amide bonds. The molecule has 23 heavy (non-hydrogen) atoms. The zero-order valence-electron chi connectivity index (χ0n) is 13.7. The molecule has 0 spiro atoms. The summed E-state index contributed by atoms with van der Waals surface area (Å²) in [7, 11) is 0. The summed E-state index contributed by atoms with van der Waals surface area (Å²) < 4.78 is 0. The summed E-state index contributed by atoms with van der Waals surface area (Å²) in [6.45, 7) is 6.79. The van der Waals surface area contributed by atoms with Gasteiger partial charge in [-0.15, -0.1) is 11.3 Å². The average molecular weight is 337 g/mol. The molecule has 0 aromatic carbocycles. The molecular formula is C16H23N3O3S. The molecule has 126 valence electrons. The quantitative estimate of drug-likeness (QED) is 0.882. The predicted octanol–water partition coefficient (Wildman–Crippen LogP) is 2.17. The van der Waals surface area contributed by atoms with E-state index in [1.165, 1.54) is 11.3 Å². The van der Waals surface area contributed by atoms with Gasteiger partial charge in [0.1, 0.15) is 5.00 Å². The first-order chi connectivity index (χ1) is 10.8. The Balaban J connectivity index is 2.06. The van der Waals surface area contributed by atoms with Crippen LogP contribution in [-0.2, 0) is 9.59 Å². The SMILES string of the molecule is CC(=O)N1CCC(C(=O)Nc2sc(C(C)C)cc2C(N)=O)CC1. The van der Waals surface area contributed by atoms with E-state index >= 15 is 0 Å². The molecule has 1 fully saturated rings. The molecule has 1 aromatic heterocycles. The molecule has 3 N–H and O–H groups in total. The topological polar surface area (TPSA) is 92.5 Å². The minimum Gasteiger partial charge on any atom is -0.366 e. The first kappa shape index (κ1) is 17.5. The Morgan fingerprint density at radius 1 is 1.30 bits per heavy atom. The minimum atomic E-state index is -0.533. The van der Waals surface area contributed by atoms with E-state index in [1.54, 1.807) is 17.9 Å². The molecule has 2 heterocycles. The van der Waals surface area contributed by atoms with Crippen LogP contribution in [0.1, 0.15) is 54.8 Å². The van der Waals surface area contributed by atoms with Crippen LogP contribution in [-0.4, -0.2) is 35.7 Å². The summed E-state index contributed by atoms with van der Waals surface area (Å²) in [5.74, 6) is -0.471. The molecule has 1 saturated heterocycles. The predicted molar refractivity (Wildman–Crippen MR) is 90.5 cm³/mol. The standard InChI is InChI=1S/C16H23N3O3S/c1-9(2)13-8-12(14(17)21)16(23-13)18-15(22)11-4-6-19(7-5-11)10(3)20/h8-9,11H,4-7H2,1-3H3,(H2,17,21)(H,18,22). The lowest BCUT2D eigenvalue weighted by Gasteiger charge is -2.30. The smallest absolute Gasteiger partial charge is 0.251 e. The number of nitrogens with zero attached hydrogens (tertiary/aromatic N) is 1. The van der Waals surface area contributed by atoms with E-state index in [0.29, 0.717) is 36.5 Å². The lowest BCUT2D eigenvalue weighted by molar-refractivity contribution is -0.132. The number of rotatable bonds is 4. The van der Waals surface area contributed by atoms with Gasteiger partial charge in [0.05, 0.1) is 5.56 Å². The third-order valence-corrected chi connectivity index (χ3v) is 5.48. The van der Waals surface area contributed by atoms with Crippen LogP contribution in [0.25, 0.3) is 0 Å². The molecule has 2 rings (SSSR count). The van der Waals surface area contributed by atoms with Crippen molar-refractivity contribution in [2.24, 2.45) is 11.7 Å². The Kier molecular flexibility index (Phi) is 5.41. The Morgan fingerprint density at radius 2 is 1.91 bits per heavy atom. The molecule has 0 radical (unpaired) electrons. The van der Waals surface area contributed by atoms with Gasteiger partial charge in [-0.1, -0.05) is 13.8 Å². The van der Waals surface area contributed by atoms with Gasteiger partial charge in [-0.05, 0) is 24.8 Å². The molecule has 0 bridgehead atoms. The lowest BCUT2D eigenvalue weighted by Crippen LogP contribution is -2.40. The van der Waals surface area contributed by atoms with Crippen molar-refractivity contribution in [3.8, 4) is 0 Å². The van der Waals surface area contributed by atoms with Gasteiger partial charge >= 0.3 is 0 Å². The summed E-state index contributed by atoms with van der Waals surface area (Å²) in [6, 6.07) is 1.76. The van der Waals surface area contributed by atoms with Gasteiger partial charge in [0.15, 0.2) is 0 Å². The van der Waals surface area contributed by atoms with Crippen LogP contribution in [0.4, 0.5) is 5.00 Å². The Hall–Kier alpha value is -1.89. The number of hydrogen-bond acceptors (Lipinski definition) is 4. The van der Waals surface area contributed by atoms with Crippen molar-refractivity contribution in [1.29, 1.82) is 0 Å². The Morgan fingerprint density at radius 3 is 2.39 bits per heavy atom. The van der Waals surface area contributed by atoms with Crippen molar-refractivity contribution in [2.45, 2.75) is 39.5 Å². The zero-order chi connectivity index (χ0) is 17.1. The Bertz CT molecular complexity index is 616. The zero-order valence-corrected chi connectivity index (χ0v) is 14.5. The highest BCUT2D eigenvalue weighted by Gasteiger charge is 2.27. The van der Waals surface area contributed by atoms with E-state index in [-0.39, 0.29) is 23.7 Å². The number of piperidine rings is 1. The van der Waals surface area contributed by atoms with E-state index in [1.807, 2.05) is 13.8 Å². The van der Waals surface area contributed by atoms with Crippen LogP contribution in [0.3, 0.4) is 0 Å². The number of likely N-dealkylation sites (tertiary alicyclic amines) is 1. The van der Waals surface area contributed by atoms with Crippen LogP contribution in [0.2, 0.25) is 0 Å². The van der Waals surface area contributed by atoms with Crippen molar-refractivity contribution in [3.05, 3.63) is 16.5 Å². The summed E-state index contributed by atoms with van der Waals surface area (Å²) in [4.78, 5) is 38.1. The van der Waals surface area contributed by atoms with Crippen molar-refractivity contribution in [1.82, 2.24) is 4.90 Å². The number of nitrogens with one attached hydrogen (secondary N) is 1. The van der Waals surface area contributed by atoms with Crippen molar-refractivity contribution < 1.29 is 14.4 Å². The lowest BCUT2D eigenvalue weighted by atomic mass is 9.96. The van der Waals surface area contributed by atoms with Crippen molar-refractivity contribution in [3.63, 3.8) is 0 Å². The number of nitrogens with two attached hydrogens (primary N) is 1. The molecule has 7 heteroatoms. The van der Waals surface area contributed by atoms with Gasteiger partial charge in [0.25, 0.3) is 5.91 Å². The molecule has 0 saturated carbocycles. The number of carbonyl (C=O) groups is 3. The summed E-state index contributed by atoms with van der Waals surface area (Å²) in [5.41, 5.74) is 5.77. The first-order valence-corrected chi connectivity index (χ1v) is 8.61. The van der Waals surface area contributed by atoms with Gasteiger partial charge in [-0.2, -0.15) is 0 Å². The highest BCUT2D eigenvalue weighted by Crippen LogP contribution is 2.33. The van der Waals surface area contributed by atoms with Crippen LogP contribution >= 0.6 is 11.3 Å². The number of amides is 3. The third-order valence-electron chi connectivity index (χ3n) is 4.13. The number of carbonyl (C=O) groups excluding carboxylic acids is 3. The largest absolute Gasteiger partial charge is 0.366 e. The molecule has 1 aromatic rings. The van der Waals surface area contributed by atoms with Crippen molar-refractivity contribution in [2.75, 3.05) is 18.4 Å².